The van der Waals surface area contributed by atoms with Crippen LogP contribution in [0.5, 0.6) is 0 Å². The van der Waals surface area contributed by atoms with Gasteiger partial charge in [0.1, 0.15) is 0 Å². The summed E-state index contributed by atoms with van der Waals surface area (Å²) in [4.78, 5) is 25.7. The van der Waals surface area contributed by atoms with Gasteiger partial charge in [-0.25, -0.2) is 0 Å². The van der Waals surface area contributed by atoms with Crippen LogP contribution in [0.1, 0.15) is 5.56 Å². The molecule has 0 bridgehead atoms. The average molecular weight is 429 g/mol. The van der Waals surface area contributed by atoms with E-state index in [1.807, 2.05) is 24.3 Å². The Balaban J connectivity index is 1.72. The number of hydrogen-bond donors (Lipinski definition) is 2. The molecule has 0 aliphatic rings. The van der Waals surface area contributed by atoms with Crippen molar-refractivity contribution < 1.29 is 9.59 Å². The molecule has 0 fully saturated rings. The Kier molecular flexibility index (Phi) is 8.38. The van der Waals surface area contributed by atoms with E-state index in [0.717, 1.165) is 5.56 Å². The molecule has 0 saturated carbocycles. The Morgan fingerprint density at radius 3 is 2.15 bits per heavy atom. The lowest BCUT2D eigenvalue weighted by molar-refractivity contribution is -0.122. The fraction of sp³-hybridized carbons (Fsp3) is 0.263. The number of hydrogen-bond acceptors (Lipinski definition) is 3. The number of carbonyl (C=O) groups is 2. The molecule has 0 radical (unpaired) electrons. The Bertz CT molecular complexity index is 777. The zero-order chi connectivity index (χ0) is 19.8. The molecule has 2 amide bonds. The van der Waals surface area contributed by atoms with Gasteiger partial charge in [0.15, 0.2) is 0 Å². The zero-order valence-corrected chi connectivity index (χ0v) is 17.0. The molecule has 5 nitrogen and oxygen atoms in total. The minimum absolute atomic E-state index is 0.0339. The number of halogens is 3. The highest BCUT2D eigenvalue weighted by Crippen LogP contribution is 2.29. The summed E-state index contributed by atoms with van der Waals surface area (Å²) in [5.41, 5.74) is 1.45. The van der Waals surface area contributed by atoms with Crippen molar-refractivity contribution in [3.63, 3.8) is 0 Å². The van der Waals surface area contributed by atoms with Crippen LogP contribution in [0.4, 0.5) is 5.69 Å². The first kappa shape index (κ1) is 21.5. The van der Waals surface area contributed by atoms with E-state index in [1.54, 1.807) is 30.1 Å². The Morgan fingerprint density at radius 1 is 0.926 bits per heavy atom. The monoisotopic (exact) mass is 427 g/mol. The van der Waals surface area contributed by atoms with Crippen molar-refractivity contribution in [2.24, 2.45) is 0 Å². The van der Waals surface area contributed by atoms with Gasteiger partial charge in [-0.15, -0.1) is 0 Å². The van der Waals surface area contributed by atoms with Crippen LogP contribution in [0.15, 0.2) is 42.5 Å². The van der Waals surface area contributed by atoms with E-state index in [0.29, 0.717) is 33.7 Å². The third kappa shape index (κ3) is 7.39. The molecule has 2 N–H and O–H groups in total. The van der Waals surface area contributed by atoms with Crippen molar-refractivity contribution >= 4 is 52.3 Å². The van der Waals surface area contributed by atoms with Gasteiger partial charge >= 0.3 is 0 Å². The molecule has 0 aromatic heterocycles. The largest absolute Gasteiger partial charge is 0.355 e. The second-order valence-electron chi connectivity index (χ2n) is 6.04. The number of nitrogens with zero attached hydrogens (tertiary/aromatic N) is 1. The van der Waals surface area contributed by atoms with E-state index in [-0.39, 0.29) is 24.9 Å². The minimum atomic E-state index is -0.304. The van der Waals surface area contributed by atoms with Crippen LogP contribution in [0.2, 0.25) is 15.1 Å². The standard InChI is InChI=1S/C19H20Cl3N3O2/c1-25(12-18(27)24-19-15(21)3-2-4-16(19)22)11-17(26)23-10-9-13-5-7-14(20)8-6-13/h2-8H,9-12H2,1H3,(H,23,26)(H,24,27). The Hall–Kier alpha value is -1.79. The van der Waals surface area contributed by atoms with Gasteiger partial charge < -0.3 is 10.6 Å². The summed E-state index contributed by atoms with van der Waals surface area (Å²) in [5.74, 6) is -0.462. The smallest absolute Gasteiger partial charge is 0.238 e. The summed E-state index contributed by atoms with van der Waals surface area (Å²) in [5, 5.41) is 6.90. The lowest BCUT2D eigenvalue weighted by Gasteiger charge is -2.16. The van der Waals surface area contributed by atoms with Crippen LogP contribution in [-0.4, -0.2) is 43.4 Å². The quantitative estimate of drug-likeness (QED) is 0.671. The van der Waals surface area contributed by atoms with Gasteiger partial charge in [-0.3, -0.25) is 14.5 Å². The zero-order valence-electron chi connectivity index (χ0n) is 14.8. The fourth-order valence-corrected chi connectivity index (χ4v) is 3.01. The summed E-state index contributed by atoms with van der Waals surface area (Å²) in [7, 11) is 1.69. The summed E-state index contributed by atoms with van der Waals surface area (Å²) in [6.07, 6.45) is 0.706. The molecular weight excluding hydrogens is 409 g/mol. The minimum Gasteiger partial charge on any atom is -0.355 e. The predicted octanol–water partition coefficient (Wildman–Crippen LogP) is 3.88. The molecule has 0 atom stereocenters. The normalized spacial score (nSPS) is 10.7. The number of amides is 2. The highest BCUT2D eigenvalue weighted by atomic mass is 35.5. The highest BCUT2D eigenvalue weighted by molar-refractivity contribution is 6.39. The van der Waals surface area contributed by atoms with Crippen molar-refractivity contribution in [2.75, 3.05) is 32.0 Å². The van der Waals surface area contributed by atoms with Crippen LogP contribution < -0.4 is 10.6 Å². The summed E-state index contributed by atoms with van der Waals surface area (Å²) >= 11 is 17.9. The second-order valence-corrected chi connectivity index (χ2v) is 7.29. The number of nitrogens with one attached hydrogen (secondary N) is 2. The molecule has 27 heavy (non-hydrogen) atoms. The average Bonchev–Trinajstić information content (AvgIpc) is 2.60. The first-order valence-corrected chi connectivity index (χ1v) is 9.42. The van der Waals surface area contributed by atoms with Gasteiger partial charge in [0.25, 0.3) is 0 Å². The van der Waals surface area contributed by atoms with E-state index >= 15 is 0 Å². The molecule has 0 aliphatic heterocycles. The van der Waals surface area contributed by atoms with Crippen molar-refractivity contribution in [1.29, 1.82) is 0 Å². The van der Waals surface area contributed by atoms with E-state index in [4.69, 9.17) is 34.8 Å². The van der Waals surface area contributed by atoms with Crippen LogP contribution in [0.25, 0.3) is 0 Å². The molecule has 8 heteroatoms. The number of likely N-dealkylation sites (N-methyl/N-ethyl adjacent to an activating group) is 1. The second kappa shape index (κ2) is 10.5. The molecular formula is C19H20Cl3N3O2. The van der Waals surface area contributed by atoms with Gasteiger partial charge in [-0.2, -0.15) is 0 Å². The topological polar surface area (TPSA) is 61.4 Å². The number of benzene rings is 2. The summed E-state index contributed by atoms with van der Waals surface area (Å²) in [6, 6.07) is 12.4. The van der Waals surface area contributed by atoms with Gasteiger partial charge in [0, 0.05) is 11.6 Å². The van der Waals surface area contributed by atoms with E-state index < -0.39 is 0 Å². The molecule has 2 aromatic carbocycles. The lowest BCUT2D eigenvalue weighted by atomic mass is 10.1. The van der Waals surface area contributed by atoms with Crippen molar-refractivity contribution in [1.82, 2.24) is 10.2 Å². The van der Waals surface area contributed by atoms with E-state index in [1.165, 1.54) is 0 Å². The van der Waals surface area contributed by atoms with Crippen molar-refractivity contribution in [3.05, 3.63) is 63.1 Å². The van der Waals surface area contributed by atoms with Crippen LogP contribution >= 0.6 is 34.8 Å². The van der Waals surface area contributed by atoms with Crippen molar-refractivity contribution in [3.8, 4) is 0 Å². The van der Waals surface area contributed by atoms with E-state index in [9.17, 15) is 9.59 Å². The number of anilines is 1. The molecule has 2 aromatic rings. The fourth-order valence-electron chi connectivity index (χ4n) is 2.40. The molecule has 0 heterocycles. The maximum atomic E-state index is 12.1. The molecule has 0 saturated heterocycles. The third-order valence-electron chi connectivity index (χ3n) is 3.70. The first-order valence-electron chi connectivity index (χ1n) is 8.28. The van der Waals surface area contributed by atoms with Gasteiger partial charge in [-0.05, 0) is 43.3 Å². The highest BCUT2D eigenvalue weighted by Gasteiger charge is 2.13. The number of carbonyl (C=O) groups excluding carboxylic acids is 2. The summed E-state index contributed by atoms with van der Waals surface area (Å²) in [6.45, 7) is 0.645. The Labute approximate surface area is 173 Å². The predicted molar refractivity (Wildman–Crippen MR) is 111 cm³/mol. The molecule has 0 spiro atoms. The molecule has 2 rings (SSSR count). The van der Waals surface area contributed by atoms with Crippen LogP contribution in [0.3, 0.4) is 0 Å². The molecule has 0 unspecified atom stereocenters. The van der Waals surface area contributed by atoms with E-state index in [2.05, 4.69) is 10.6 Å². The van der Waals surface area contributed by atoms with Crippen molar-refractivity contribution in [2.45, 2.75) is 6.42 Å². The van der Waals surface area contributed by atoms with Crippen LogP contribution in [-0.2, 0) is 16.0 Å². The number of para-hydroxylation sites is 1. The van der Waals surface area contributed by atoms with Crippen LogP contribution in [0, 0.1) is 0 Å². The SMILES string of the molecule is CN(CC(=O)NCCc1ccc(Cl)cc1)CC(=O)Nc1c(Cl)cccc1Cl. The summed E-state index contributed by atoms with van der Waals surface area (Å²) < 4.78 is 0. The Morgan fingerprint density at radius 2 is 1.52 bits per heavy atom. The van der Waals surface area contributed by atoms with Gasteiger partial charge in [-0.1, -0.05) is 53.0 Å². The third-order valence-corrected chi connectivity index (χ3v) is 4.59. The molecule has 0 aliphatic carbocycles. The van der Waals surface area contributed by atoms with Gasteiger partial charge in [0.05, 0.1) is 28.8 Å². The maximum Gasteiger partial charge on any atom is 0.238 e. The lowest BCUT2D eigenvalue weighted by Crippen LogP contribution is -2.39. The molecule has 144 valence electrons. The number of rotatable bonds is 8. The van der Waals surface area contributed by atoms with Gasteiger partial charge in [0.2, 0.25) is 11.8 Å². The first-order chi connectivity index (χ1) is 12.8. The maximum absolute atomic E-state index is 12.1.